The van der Waals surface area contributed by atoms with Gasteiger partial charge in [0.05, 0.1) is 6.54 Å². The van der Waals surface area contributed by atoms with Crippen LogP contribution >= 0.6 is 12.4 Å². The first-order valence-corrected chi connectivity index (χ1v) is 8.06. The van der Waals surface area contributed by atoms with E-state index in [1.54, 1.807) is 11.9 Å². The Morgan fingerprint density at radius 2 is 1.80 bits per heavy atom. The zero-order chi connectivity index (χ0) is 16.9. The minimum absolute atomic E-state index is 0. The molecular weight excluding hydrogens is 340 g/mol. The lowest BCUT2D eigenvalue weighted by Crippen LogP contribution is -2.42. The van der Waals surface area contributed by atoms with Crippen LogP contribution < -0.4 is 15.2 Å². The maximum Gasteiger partial charge on any atom is 0.224 e. The van der Waals surface area contributed by atoms with Gasteiger partial charge in [-0.25, -0.2) is 0 Å². The lowest BCUT2D eigenvalue weighted by atomic mass is 10.0. The molecule has 1 amide bonds. The van der Waals surface area contributed by atoms with Crippen LogP contribution in [-0.2, 0) is 4.79 Å². The number of nitrogens with two attached hydrogens (primary N) is 1. The average molecular weight is 363 g/mol. The minimum atomic E-state index is -0.301. The zero-order valence-corrected chi connectivity index (χ0v) is 14.9. The van der Waals surface area contributed by atoms with E-state index in [0.29, 0.717) is 13.2 Å². The number of benzene rings is 2. The Hall–Kier alpha value is -2.24. The second kappa shape index (κ2) is 8.74. The first kappa shape index (κ1) is 19.1. The van der Waals surface area contributed by atoms with Crippen molar-refractivity contribution in [1.82, 2.24) is 4.90 Å². The van der Waals surface area contributed by atoms with Crippen molar-refractivity contribution in [3.63, 3.8) is 0 Å². The van der Waals surface area contributed by atoms with Crippen LogP contribution in [0.15, 0.2) is 54.6 Å². The maximum absolute atomic E-state index is 12.4. The van der Waals surface area contributed by atoms with Gasteiger partial charge < -0.3 is 20.1 Å². The van der Waals surface area contributed by atoms with E-state index in [4.69, 9.17) is 15.2 Å². The van der Waals surface area contributed by atoms with E-state index in [9.17, 15) is 4.79 Å². The molecule has 0 aliphatic carbocycles. The third kappa shape index (κ3) is 4.87. The van der Waals surface area contributed by atoms with E-state index in [-0.39, 0.29) is 36.9 Å². The topological polar surface area (TPSA) is 64.8 Å². The van der Waals surface area contributed by atoms with E-state index >= 15 is 0 Å². The predicted octanol–water partition coefficient (Wildman–Crippen LogP) is 2.80. The van der Waals surface area contributed by atoms with Gasteiger partial charge in [-0.3, -0.25) is 4.79 Å². The Kier molecular flexibility index (Phi) is 6.67. The molecule has 5 nitrogen and oxygen atoms in total. The molecule has 1 heterocycles. The first-order chi connectivity index (χ1) is 11.6. The van der Waals surface area contributed by atoms with E-state index in [0.717, 1.165) is 17.1 Å². The van der Waals surface area contributed by atoms with Crippen LogP contribution in [0.1, 0.15) is 18.0 Å². The number of hydrogen-bond acceptors (Lipinski definition) is 4. The van der Waals surface area contributed by atoms with Crippen molar-refractivity contribution in [2.75, 3.05) is 20.2 Å². The molecule has 25 heavy (non-hydrogen) atoms. The van der Waals surface area contributed by atoms with E-state index in [2.05, 4.69) is 0 Å². The number of halogens is 1. The fourth-order valence-corrected chi connectivity index (χ4v) is 2.72. The molecule has 0 saturated carbocycles. The number of amides is 1. The van der Waals surface area contributed by atoms with Crippen LogP contribution in [0, 0.1) is 0 Å². The molecule has 2 atom stereocenters. The quantitative estimate of drug-likeness (QED) is 0.888. The van der Waals surface area contributed by atoms with Crippen molar-refractivity contribution < 1.29 is 14.3 Å². The Balaban J connectivity index is 0.00000225. The SMILES string of the molecule is CN(CC1COc2ccccc2O1)C(=O)CC(N)c1ccccc1.Cl. The van der Waals surface area contributed by atoms with Crippen molar-refractivity contribution in [2.24, 2.45) is 5.73 Å². The zero-order valence-electron chi connectivity index (χ0n) is 14.1. The average Bonchev–Trinajstić information content (AvgIpc) is 2.62. The van der Waals surface area contributed by atoms with Crippen molar-refractivity contribution in [3.8, 4) is 11.5 Å². The normalized spacial score (nSPS) is 16.5. The lowest BCUT2D eigenvalue weighted by molar-refractivity contribution is -0.131. The summed E-state index contributed by atoms with van der Waals surface area (Å²) >= 11 is 0. The summed E-state index contributed by atoms with van der Waals surface area (Å²) in [5.41, 5.74) is 7.09. The van der Waals surface area contributed by atoms with Gasteiger partial charge in [0, 0.05) is 19.5 Å². The third-order valence-electron chi connectivity index (χ3n) is 4.09. The largest absolute Gasteiger partial charge is 0.486 e. The second-order valence-corrected chi connectivity index (χ2v) is 5.99. The number of carbonyl (C=O) groups excluding carboxylic acids is 1. The molecule has 2 aromatic carbocycles. The number of nitrogens with zero attached hydrogens (tertiary/aromatic N) is 1. The number of para-hydroxylation sites is 2. The monoisotopic (exact) mass is 362 g/mol. The summed E-state index contributed by atoms with van der Waals surface area (Å²) in [6.45, 7) is 0.897. The predicted molar refractivity (Wildman–Crippen MR) is 99.2 cm³/mol. The van der Waals surface area contributed by atoms with Gasteiger partial charge in [-0.1, -0.05) is 42.5 Å². The molecule has 2 unspecified atom stereocenters. The van der Waals surface area contributed by atoms with Crippen LogP contribution in [0.4, 0.5) is 0 Å². The fraction of sp³-hybridized carbons (Fsp3) is 0.316. The summed E-state index contributed by atoms with van der Waals surface area (Å²) in [5, 5.41) is 0. The standard InChI is InChI=1S/C19H22N2O3.ClH/c1-21(19(22)11-16(20)14-7-3-2-4-8-14)12-15-13-23-17-9-5-6-10-18(17)24-15;/h2-10,15-16H,11-13,20H2,1H3;1H. The van der Waals surface area contributed by atoms with Crippen LogP contribution in [0.2, 0.25) is 0 Å². The van der Waals surface area contributed by atoms with E-state index < -0.39 is 0 Å². The molecule has 0 radical (unpaired) electrons. The molecule has 134 valence electrons. The molecule has 0 fully saturated rings. The Morgan fingerprint density at radius 3 is 2.52 bits per heavy atom. The highest BCUT2D eigenvalue weighted by Gasteiger charge is 2.24. The van der Waals surface area contributed by atoms with Crippen molar-refractivity contribution >= 4 is 18.3 Å². The van der Waals surface area contributed by atoms with E-state index in [1.807, 2.05) is 54.6 Å². The summed E-state index contributed by atoms with van der Waals surface area (Å²) < 4.78 is 11.6. The molecule has 2 aromatic rings. The highest BCUT2D eigenvalue weighted by Crippen LogP contribution is 2.31. The Morgan fingerprint density at radius 1 is 1.16 bits per heavy atom. The van der Waals surface area contributed by atoms with Gasteiger partial charge in [-0.2, -0.15) is 0 Å². The summed E-state index contributed by atoms with van der Waals surface area (Å²) in [7, 11) is 1.77. The van der Waals surface area contributed by atoms with Gasteiger partial charge in [-0.05, 0) is 17.7 Å². The van der Waals surface area contributed by atoms with E-state index in [1.165, 1.54) is 0 Å². The molecular formula is C19H23ClN2O3. The highest BCUT2D eigenvalue weighted by atomic mass is 35.5. The Labute approximate surface area is 154 Å². The maximum atomic E-state index is 12.4. The highest BCUT2D eigenvalue weighted by molar-refractivity contribution is 5.85. The summed E-state index contributed by atoms with van der Waals surface area (Å²) in [4.78, 5) is 14.1. The van der Waals surface area contributed by atoms with Gasteiger partial charge >= 0.3 is 0 Å². The van der Waals surface area contributed by atoms with Crippen molar-refractivity contribution in [1.29, 1.82) is 0 Å². The first-order valence-electron chi connectivity index (χ1n) is 8.06. The van der Waals surface area contributed by atoms with Crippen molar-refractivity contribution in [3.05, 3.63) is 60.2 Å². The Bertz CT molecular complexity index is 696. The molecule has 6 heteroatoms. The van der Waals surface area contributed by atoms with Crippen LogP contribution in [-0.4, -0.2) is 37.1 Å². The van der Waals surface area contributed by atoms with Crippen LogP contribution in [0.25, 0.3) is 0 Å². The van der Waals surface area contributed by atoms with Gasteiger partial charge in [0.2, 0.25) is 5.91 Å². The summed E-state index contributed by atoms with van der Waals surface area (Å²) in [5.74, 6) is 1.46. The summed E-state index contributed by atoms with van der Waals surface area (Å²) in [6, 6.07) is 16.9. The summed E-state index contributed by atoms with van der Waals surface area (Å²) in [6.07, 6.45) is 0.0896. The van der Waals surface area contributed by atoms with Gasteiger partial charge in [0.15, 0.2) is 17.6 Å². The van der Waals surface area contributed by atoms with Crippen LogP contribution in [0.3, 0.4) is 0 Å². The second-order valence-electron chi connectivity index (χ2n) is 5.99. The smallest absolute Gasteiger partial charge is 0.224 e. The lowest BCUT2D eigenvalue weighted by Gasteiger charge is -2.30. The van der Waals surface area contributed by atoms with Crippen molar-refractivity contribution in [2.45, 2.75) is 18.6 Å². The fourth-order valence-electron chi connectivity index (χ4n) is 2.72. The molecule has 0 aromatic heterocycles. The molecule has 1 aliphatic heterocycles. The van der Waals surface area contributed by atoms with Crippen LogP contribution in [0.5, 0.6) is 11.5 Å². The number of fused-ring (bicyclic) bond motifs is 1. The third-order valence-corrected chi connectivity index (χ3v) is 4.09. The molecule has 2 N–H and O–H groups in total. The van der Waals surface area contributed by atoms with Gasteiger partial charge in [0.25, 0.3) is 0 Å². The molecule has 3 rings (SSSR count). The number of likely N-dealkylation sites (N-methyl/N-ethyl adjacent to an activating group) is 1. The number of hydrogen-bond donors (Lipinski definition) is 1. The number of carbonyl (C=O) groups is 1. The minimum Gasteiger partial charge on any atom is -0.486 e. The van der Waals surface area contributed by atoms with Gasteiger partial charge in [0.1, 0.15) is 6.61 Å². The van der Waals surface area contributed by atoms with Gasteiger partial charge in [-0.15, -0.1) is 12.4 Å². The molecule has 0 bridgehead atoms. The molecule has 0 spiro atoms. The molecule has 1 aliphatic rings. The number of rotatable bonds is 5. The number of ether oxygens (including phenoxy) is 2. The molecule has 0 saturated heterocycles.